The molecule has 0 saturated carbocycles. The molecule has 0 spiro atoms. The molecule has 26 heavy (non-hydrogen) atoms. The van der Waals surface area contributed by atoms with Crippen LogP contribution in [0, 0.1) is 5.92 Å². The predicted octanol–water partition coefficient (Wildman–Crippen LogP) is 1.80. The van der Waals surface area contributed by atoms with Gasteiger partial charge in [0, 0.05) is 63.7 Å². The summed E-state index contributed by atoms with van der Waals surface area (Å²) in [5.41, 5.74) is 0. The van der Waals surface area contributed by atoms with Gasteiger partial charge in [-0.25, -0.2) is 9.78 Å². The van der Waals surface area contributed by atoms with Crippen molar-refractivity contribution in [3.8, 4) is 0 Å². The molecule has 4 heterocycles. The number of amides is 2. The van der Waals surface area contributed by atoms with Crippen molar-refractivity contribution < 1.29 is 9.53 Å². The molecule has 1 aromatic rings. The van der Waals surface area contributed by atoms with E-state index in [0.29, 0.717) is 17.9 Å². The number of hydrogen-bond donors (Lipinski definition) is 2. The van der Waals surface area contributed by atoms with Gasteiger partial charge in [0.2, 0.25) is 0 Å². The van der Waals surface area contributed by atoms with Crippen LogP contribution in [0.25, 0.3) is 0 Å². The molecule has 1 aromatic heterocycles. The Morgan fingerprint density at radius 1 is 1.27 bits per heavy atom. The van der Waals surface area contributed by atoms with E-state index in [1.165, 1.54) is 6.42 Å². The minimum atomic E-state index is 0.101. The lowest BCUT2D eigenvalue weighted by molar-refractivity contribution is 0.141. The van der Waals surface area contributed by atoms with E-state index in [-0.39, 0.29) is 6.03 Å². The molecule has 2 N–H and O–H groups in total. The van der Waals surface area contributed by atoms with E-state index in [1.807, 2.05) is 11.1 Å². The number of nitrogens with one attached hydrogen (secondary N) is 2. The lowest BCUT2D eigenvalue weighted by atomic mass is 9.97. The molecule has 2 unspecified atom stereocenters. The van der Waals surface area contributed by atoms with E-state index in [1.54, 1.807) is 6.20 Å². The van der Waals surface area contributed by atoms with Gasteiger partial charge in [-0.05, 0) is 38.0 Å². The Kier molecular flexibility index (Phi) is 5.75. The van der Waals surface area contributed by atoms with Crippen LogP contribution < -0.4 is 5.32 Å². The predicted molar refractivity (Wildman–Crippen MR) is 99.1 cm³/mol. The summed E-state index contributed by atoms with van der Waals surface area (Å²) in [6, 6.07) is 0.409. The quantitative estimate of drug-likeness (QED) is 0.858. The zero-order valence-corrected chi connectivity index (χ0v) is 15.5. The maximum Gasteiger partial charge on any atom is 0.317 e. The molecule has 3 aliphatic rings. The molecule has 7 nitrogen and oxygen atoms in total. The Morgan fingerprint density at radius 3 is 2.88 bits per heavy atom. The van der Waals surface area contributed by atoms with Gasteiger partial charge in [0.25, 0.3) is 0 Å². The van der Waals surface area contributed by atoms with E-state index < -0.39 is 0 Å². The molecule has 0 aliphatic carbocycles. The monoisotopic (exact) mass is 361 g/mol. The second kappa shape index (κ2) is 8.39. The maximum atomic E-state index is 12.7. The number of H-pyrrole nitrogens is 1. The number of aromatic amines is 1. The van der Waals surface area contributed by atoms with Crippen LogP contribution in [0.4, 0.5) is 4.79 Å². The minimum Gasteiger partial charge on any atom is -0.381 e. The molecular weight excluding hydrogens is 330 g/mol. The molecule has 0 radical (unpaired) electrons. The number of carbonyl (C=O) groups excluding carboxylic acids is 1. The zero-order valence-electron chi connectivity index (χ0n) is 15.5. The van der Waals surface area contributed by atoms with Crippen LogP contribution in [0.3, 0.4) is 0 Å². The Hall–Kier alpha value is -1.60. The van der Waals surface area contributed by atoms with Gasteiger partial charge in [0.05, 0.1) is 6.61 Å². The maximum absolute atomic E-state index is 12.7. The van der Waals surface area contributed by atoms with Crippen molar-refractivity contribution in [3.05, 3.63) is 18.2 Å². The third-order valence-electron chi connectivity index (χ3n) is 6.07. The molecule has 2 atom stereocenters. The van der Waals surface area contributed by atoms with Crippen molar-refractivity contribution in [2.45, 2.75) is 44.1 Å². The van der Waals surface area contributed by atoms with Gasteiger partial charge in [0.1, 0.15) is 5.82 Å². The van der Waals surface area contributed by atoms with E-state index >= 15 is 0 Å². The SMILES string of the molecule is O=C(NC1CCN(CC2CCOC2)CC1)N1CCCC(c2ncc[nH]2)C1. The molecule has 7 heteroatoms. The Balaban J connectivity index is 1.21. The first-order valence-corrected chi connectivity index (χ1v) is 10.1. The van der Waals surface area contributed by atoms with Crippen LogP contribution in [0.1, 0.15) is 43.8 Å². The van der Waals surface area contributed by atoms with Crippen molar-refractivity contribution >= 4 is 6.03 Å². The van der Waals surface area contributed by atoms with Crippen molar-refractivity contribution in [3.63, 3.8) is 0 Å². The van der Waals surface area contributed by atoms with Crippen LogP contribution >= 0.6 is 0 Å². The average Bonchev–Trinajstić information content (AvgIpc) is 3.37. The number of rotatable bonds is 4. The second-order valence-electron chi connectivity index (χ2n) is 8.01. The molecule has 2 amide bonds. The first-order chi connectivity index (χ1) is 12.8. The van der Waals surface area contributed by atoms with E-state index in [2.05, 4.69) is 20.2 Å². The Bertz CT molecular complexity index is 564. The molecule has 3 saturated heterocycles. The summed E-state index contributed by atoms with van der Waals surface area (Å²) in [4.78, 5) is 24.8. The largest absolute Gasteiger partial charge is 0.381 e. The fourth-order valence-electron chi connectivity index (χ4n) is 4.50. The van der Waals surface area contributed by atoms with Crippen LogP contribution in [0.5, 0.6) is 0 Å². The summed E-state index contributed by atoms with van der Waals surface area (Å²) in [6.07, 6.45) is 9.09. The highest BCUT2D eigenvalue weighted by Gasteiger charge is 2.29. The van der Waals surface area contributed by atoms with Gasteiger partial charge in [-0.1, -0.05) is 0 Å². The van der Waals surface area contributed by atoms with Crippen molar-refractivity contribution in [2.75, 3.05) is 45.9 Å². The number of aromatic nitrogens is 2. The van der Waals surface area contributed by atoms with Gasteiger partial charge < -0.3 is 24.8 Å². The van der Waals surface area contributed by atoms with Crippen LogP contribution in [-0.2, 0) is 4.74 Å². The van der Waals surface area contributed by atoms with Crippen LogP contribution in [0.2, 0.25) is 0 Å². The fourth-order valence-corrected chi connectivity index (χ4v) is 4.50. The van der Waals surface area contributed by atoms with Gasteiger partial charge in [-0.3, -0.25) is 0 Å². The fraction of sp³-hybridized carbons (Fsp3) is 0.789. The molecule has 144 valence electrons. The number of urea groups is 1. The normalized spacial score (nSPS) is 28.4. The summed E-state index contributed by atoms with van der Waals surface area (Å²) in [6.45, 7) is 6.77. The van der Waals surface area contributed by atoms with Crippen molar-refractivity contribution in [1.29, 1.82) is 0 Å². The molecule has 0 aromatic carbocycles. The summed E-state index contributed by atoms with van der Waals surface area (Å²) in [5, 5.41) is 3.27. The third-order valence-corrected chi connectivity index (χ3v) is 6.07. The van der Waals surface area contributed by atoms with E-state index in [4.69, 9.17) is 4.74 Å². The number of ether oxygens (including phenoxy) is 1. The number of imidazole rings is 1. The summed E-state index contributed by atoms with van der Waals surface area (Å²) in [5.74, 6) is 2.04. The highest BCUT2D eigenvalue weighted by molar-refractivity contribution is 5.74. The topological polar surface area (TPSA) is 73.5 Å². The number of nitrogens with zero attached hydrogens (tertiary/aromatic N) is 3. The highest BCUT2D eigenvalue weighted by atomic mass is 16.5. The summed E-state index contributed by atoms with van der Waals surface area (Å²) < 4.78 is 5.48. The first-order valence-electron chi connectivity index (χ1n) is 10.1. The summed E-state index contributed by atoms with van der Waals surface area (Å²) in [7, 11) is 0. The lowest BCUT2D eigenvalue weighted by Crippen LogP contribution is -2.51. The van der Waals surface area contributed by atoms with Crippen LogP contribution in [0.15, 0.2) is 12.4 Å². The molecule has 4 rings (SSSR count). The van der Waals surface area contributed by atoms with Gasteiger partial charge >= 0.3 is 6.03 Å². The van der Waals surface area contributed by atoms with Gasteiger partial charge in [0.15, 0.2) is 0 Å². The minimum absolute atomic E-state index is 0.101. The smallest absolute Gasteiger partial charge is 0.317 e. The standard InChI is InChI=1S/C19H31N5O2/c25-19(24-8-1-2-16(13-24)18-20-6-7-21-18)22-17-3-9-23(10-4-17)12-15-5-11-26-14-15/h6-7,15-17H,1-5,8-14H2,(H,20,21)(H,22,25). The second-order valence-corrected chi connectivity index (χ2v) is 8.01. The lowest BCUT2D eigenvalue weighted by Gasteiger charge is -2.36. The Labute approximate surface area is 155 Å². The van der Waals surface area contributed by atoms with Crippen molar-refractivity contribution in [2.24, 2.45) is 5.92 Å². The average molecular weight is 361 g/mol. The Morgan fingerprint density at radius 2 is 2.15 bits per heavy atom. The first kappa shape index (κ1) is 17.8. The third kappa shape index (κ3) is 4.38. The molecule has 3 aliphatic heterocycles. The van der Waals surface area contributed by atoms with E-state index in [9.17, 15) is 4.79 Å². The van der Waals surface area contributed by atoms with E-state index in [0.717, 1.165) is 77.4 Å². The molecular formula is C19H31N5O2. The number of likely N-dealkylation sites (tertiary alicyclic amines) is 2. The zero-order chi connectivity index (χ0) is 17.8. The highest BCUT2D eigenvalue weighted by Crippen LogP contribution is 2.24. The molecule has 0 bridgehead atoms. The van der Waals surface area contributed by atoms with Crippen molar-refractivity contribution in [1.82, 2.24) is 25.1 Å². The number of hydrogen-bond acceptors (Lipinski definition) is 4. The van der Waals surface area contributed by atoms with Gasteiger partial charge in [-0.15, -0.1) is 0 Å². The molecule has 3 fully saturated rings. The summed E-state index contributed by atoms with van der Waals surface area (Å²) >= 11 is 0. The number of piperidine rings is 2. The van der Waals surface area contributed by atoms with Gasteiger partial charge in [-0.2, -0.15) is 0 Å². The number of carbonyl (C=O) groups is 1. The van der Waals surface area contributed by atoms with Crippen LogP contribution in [-0.4, -0.2) is 77.8 Å².